The molecule has 1 aliphatic rings. The summed E-state index contributed by atoms with van der Waals surface area (Å²) in [5, 5.41) is 12.4. The van der Waals surface area contributed by atoms with Crippen LogP contribution in [0.15, 0.2) is 54.6 Å². The van der Waals surface area contributed by atoms with Crippen molar-refractivity contribution in [1.29, 1.82) is 0 Å². The first kappa shape index (κ1) is 17.4. The van der Waals surface area contributed by atoms with E-state index in [9.17, 15) is 5.11 Å². The van der Waals surface area contributed by atoms with Crippen LogP contribution in [0.1, 0.15) is 45.6 Å². The lowest BCUT2D eigenvalue weighted by Gasteiger charge is -2.23. The van der Waals surface area contributed by atoms with Crippen molar-refractivity contribution >= 4 is 19.4 Å². The zero-order chi connectivity index (χ0) is 17.2. The minimum Gasteiger partial charge on any atom is -0.404 e. The Balaban J connectivity index is 1.87. The molecule has 0 bridgehead atoms. The van der Waals surface area contributed by atoms with Gasteiger partial charge in [0.15, 0.2) is 0 Å². The lowest BCUT2D eigenvalue weighted by molar-refractivity contribution is 0.152. The Morgan fingerprint density at radius 3 is 2.08 bits per heavy atom. The summed E-state index contributed by atoms with van der Waals surface area (Å²) in [6, 6.07) is 19.5. The normalized spacial score (nSPS) is 21.4. The summed E-state index contributed by atoms with van der Waals surface area (Å²) in [5.41, 5.74) is 1.51. The highest BCUT2D eigenvalue weighted by molar-refractivity contribution is 6.80. The second kappa shape index (κ2) is 7.22. The molecule has 3 rings (SSSR count). The number of aliphatic hydroxyl groups is 1. The van der Waals surface area contributed by atoms with Crippen LogP contribution >= 0.6 is 0 Å². The van der Waals surface area contributed by atoms with Crippen molar-refractivity contribution < 1.29 is 9.53 Å². The van der Waals surface area contributed by atoms with E-state index in [1.165, 1.54) is 15.9 Å². The van der Waals surface area contributed by atoms with Crippen LogP contribution in [-0.2, 0) is 9.84 Å². The molecule has 0 saturated heterocycles. The average Bonchev–Trinajstić information content (AvgIpc) is 2.98. The molecule has 3 heteroatoms. The Morgan fingerprint density at radius 1 is 0.917 bits per heavy atom. The zero-order valence-electron chi connectivity index (χ0n) is 14.8. The highest BCUT2D eigenvalue weighted by Gasteiger charge is 2.29. The predicted octanol–water partition coefficient (Wildman–Crippen LogP) is 3.02. The fourth-order valence-corrected chi connectivity index (χ4v) is 5.32. The van der Waals surface area contributed by atoms with Crippen LogP contribution in [0.4, 0.5) is 0 Å². The summed E-state index contributed by atoms with van der Waals surface area (Å²) in [7, 11) is -1.28. The molecule has 0 heterocycles. The summed E-state index contributed by atoms with van der Waals surface area (Å²) in [6.07, 6.45) is 2.56. The Morgan fingerprint density at radius 2 is 1.54 bits per heavy atom. The molecule has 0 spiro atoms. The summed E-state index contributed by atoms with van der Waals surface area (Å²) in [6.45, 7) is 6.71. The fourth-order valence-electron chi connectivity index (χ4n) is 3.21. The first-order valence-corrected chi connectivity index (χ1v) is 10.2. The van der Waals surface area contributed by atoms with Gasteiger partial charge in [0.2, 0.25) is 0 Å². The van der Waals surface area contributed by atoms with Gasteiger partial charge < -0.3 is 9.53 Å². The SMILES string of the molecule is CC(C)(C)c1ccc([Si](O[C@@H]2CC[C@@H](O)C2)c2ccccc2)cc1. The Hall–Kier alpha value is -1.42. The predicted molar refractivity (Wildman–Crippen MR) is 101 cm³/mol. The highest BCUT2D eigenvalue weighted by Crippen LogP contribution is 2.23. The molecule has 0 amide bonds. The van der Waals surface area contributed by atoms with Gasteiger partial charge in [0.25, 0.3) is 9.04 Å². The summed E-state index contributed by atoms with van der Waals surface area (Å²) in [4.78, 5) is 0. The number of benzene rings is 2. The van der Waals surface area contributed by atoms with Crippen LogP contribution in [0.3, 0.4) is 0 Å². The van der Waals surface area contributed by atoms with Crippen molar-refractivity contribution in [2.24, 2.45) is 0 Å². The van der Waals surface area contributed by atoms with Gasteiger partial charge in [-0.05, 0) is 40.6 Å². The summed E-state index contributed by atoms with van der Waals surface area (Å²) >= 11 is 0. The van der Waals surface area contributed by atoms with E-state index in [0.29, 0.717) is 0 Å². The van der Waals surface area contributed by atoms with Gasteiger partial charge >= 0.3 is 0 Å². The third-order valence-electron chi connectivity index (χ3n) is 4.69. The Labute approximate surface area is 147 Å². The van der Waals surface area contributed by atoms with Gasteiger partial charge in [0.05, 0.1) is 6.10 Å². The molecule has 127 valence electrons. The molecule has 0 unspecified atom stereocenters. The van der Waals surface area contributed by atoms with Gasteiger partial charge in [-0.3, -0.25) is 0 Å². The van der Waals surface area contributed by atoms with E-state index < -0.39 is 9.04 Å². The average molecular weight is 340 g/mol. The topological polar surface area (TPSA) is 29.5 Å². The maximum atomic E-state index is 9.81. The fraction of sp³-hybridized carbons (Fsp3) is 0.429. The molecule has 2 atom stereocenters. The molecule has 0 aliphatic heterocycles. The standard InChI is InChI=1S/C21H27O2Si/c1-21(2,3)16-9-13-20(14-10-16)24(19-7-5-4-6-8-19)23-18-12-11-17(22)15-18/h4-10,13-14,17-18,22H,11-12,15H2,1-3H3/t17-,18-/m1/s1. The van der Waals surface area contributed by atoms with E-state index in [1.54, 1.807) is 0 Å². The minimum absolute atomic E-state index is 0.161. The molecule has 2 nitrogen and oxygen atoms in total. The van der Waals surface area contributed by atoms with Crippen LogP contribution in [0.25, 0.3) is 0 Å². The van der Waals surface area contributed by atoms with Gasteiger partial charge in [0.1, 0.15) is 0 Å². The van der Waals surface area contributed by atoms with Gasteiger partial charge in [-0.15, -0.1) is 0 Å². The van der Waals surface area contributed by atoms with Crippen molar-refractivity contribution in [3.05, 3.63) is 60.2 Å². The first-order valence-electron chi connectivity index (χ1n) is 8.81. The maximum Gasteiger partial charge on any atom is 0.283 e. The Bertz CT molecular complexity index is 646. The van der Waals surface area contributed by atoms with Gasteiger partial charge in [-0.2, -0.15) is 0 Å². The summed E-state index contributed by atoms with van der Waals surface area (Å²) in [5.74, 6) is 0. The van der Waals surface area contributed by atoms with Crippen LogP contribution in [0.5, 0.6) is 0 Å². The molecule has 24 heavy (non-hydrogen) atoms. The van der Waals surface area contributed by atoms with Crippen molar-refractivity contribution in [1.82, 2.24) is 0 Å². The van der Waals surface area contributed by atoms with E-state index in [1.807, 2.05) is 6.07 Å². The first-order chi connectivity index (χ1) is 11.4. The molecule has 1 aliphatic carbocycles. The number of aliphatic hydroxyl groups excluding tert-OH is 1. The molecule has 1 N–H and O–H groups in total. The van der Waals surface area contributed by atoms with Crippen molar-refractivity contribution in [2.45, 2.75) is 57.7 Å². The lowest BCUT2D eigenvalue weighted by atomic mass is 9.87. The van der Waals surface area contributed by atoms with E-state index in [0.717, 1.165) is 19.3 Å². The monoisotopic (exact) mass is 339 g/mol. The van der Waals surface area contributed by atoms with E-state index in [2.05, 4.69) is 69.3 Å². The molecular weight excluding hydrogens is 312 g/mol. The largest absolute Gasteiger partial charge is 0.404 e. The van der Waals surface area contributed by atoms with Gasteiger partial charge in [0, 0.05) is 6.10 Å². The van der Waals surface area contributed by atoms with Gasteiger partial charge in [-0.1, -0.05) is 75.4 Å². The highest BCUT2D eigenvalue weighted by atomic mass is 28.3. The van der Waals surface area contributed by atoms with Crippen molar-refractivity contribution in [2.75, 3.05) is 0 Å². The van der Waals surface area contributed by atoms with Crippen LogP contribution in [-0.4, -0.2) is 26.4 Å². The summed E-state index contributed by atoms with van der Waals surface area (Å²) < 4.78 is 6.52. The quantitative estimate of drug-likeness (QED) is 0.868. The number of hydrogen-bond acceptors (Lipinski definition) is 2. The molecule has 1 fully saturated rings. The van der Waals surface area contributed by atoms with E-state index in [4.69, 9.17) is 4.43 Å². The van der Waals surface area contributed by atoms with Crippen LogP contribution in [0.2, 0.25) is 0 Å². The van der Waals surface area contributed by atoms with Crippen LogP contribution in [0, 0.1) is 0 Å². The van der Waals surface area contributed by atoms with E-state index >= 15 is 0 Å². The van der Waals surface area contributed by atoms with E-state index in [-0.39, 0.29) is 17.6 Å². The lowest BCUT2D eigenvalue weighted by Crippen LogP contribution is -2.47. The second-order valence-corrected chi connectivity index (χ2v) is 9.78. The van der Waals surface area contributed by atoms with Gasteiger partial charge in [-0.25, -0.2) is 0 Å². The molecule has 1 saturated carbocycles. The number of rotatable bonds is 4. The molecule has 2 aromatic carbocycles. The van der Waals surface area contributed by atoms with Crippen molar-refractivity contribution in [3.63, 3.8) is 0 Å². The Kier molecular flexibility index (Phi) is 5.23. The van der Waals surface area contributed by atoms with Crippen LogP contribution < -0.4 is 10.4 Å². The smallest absolute Gasteiger partial charge is 0.283 e. The van der Waals surface area contributed by atoms with Crippen molar-refractivity contribution in [3.8, 4) is 0 Å². The number of hydrogen-bond donors (Lipinski definition) is 1. The molecule has 2 aromatic rings. The molecule has 1 radical (unpaired) electrons. The third-order valence-corrected chi connectivity index (χ3v) is 6.97. The molecular formula is C21H27O2Si. The zero-order valence-corrected chi connectivity index (χ0v) is 15.8. The second-order valence-electron chi connectivity index (χ2n) is 7.73. The third kappa shape index (κ3) is 4.15. The maximum absolute atomic E-state index is 9.81. The minimum atomic E-state index is -1.28. The molecule has 0 aromatic heterocycles.